The second-order valence-electron chi connectivity index (χ2n) is 8.05. The standard InChI is InChI=1S/C19H25ClN4O2/c1-12-5-6-14-15(9-12)22-17(20)23-16(14)24-8-7-13(10-24)21-18(25)26-11-19(2,3)4/h5-6,9,13H,7-8,10-11H2,1-4H3,(H,21,25)/t13-/m1/s1. The van der Waals surface area contributed by atoms with Crippen molar-refractivity contribution in [2.45, 2.75) is 40.2 Å². The largest absolute Gasteiger partial charge is 0.449 e. The lowest BCUT2D eigenvalue weighted by atomic mass is 9.99. The third kappa shape index (κ3) is 4.55. The molecule has 140 valence electrons. The van der Waals surface area contributed by atoms with E-state index in [9.17, 15) is 4.79 Å². The number of carbonyl (C=O) groups is 1. The normalized spacial score (nSPS) is 17.6. The maximum Gasteiger partial charge on any atom is 0.407 e. The zero-order chi connectivity index (χ0) is 18.9. The second-order valence-corrected chi connectivity index (χ2v) is 8.39. The number of amides is 1. The van der Waals surface area contributed by atoms with E-state index in [1.54, 1.807) is 0 Å². The lowest BCUT2D eigenvalue weighted by Gasteiger charge is -2.21. The molecular formula is C19H25ClN4O2. The molecule has 0 spiro atoms. The lowest BCUT2D eigenvalue weighted by molar-refractivity contribution is 0.104. The number of hydrogen-bond acceptors (Lipinski definition) is 5. The van der Waals surface area contributed by atoms with E-state index in [-0.39, 0.29) is 22.8 Å². The van der Waals surface area contributed by atoms with Crippen molar-refractivity contribution < 1.29 is 9.53 Å². The molecule has 26 heavy (non-hydrogen) atoms. The highest BCUT2D eigenvalue weighted by atomic mass is 35.5. The average Bonchev–Trinajstić information content (AvgIpc) is 2.99. The fourth-order valence-electron chi connectivity index (χ4n) is 3.00. The Morgan fingerprint density at radius 2 is 2.15 bits per heavy atom. The molecule has 1 fully saturated rings. The molecule has 6 nitrogen and oxygen atoms in total. The first-order valence-corrected chi connectivity index (χ1v) is 9.21. The summed E-state index contributed by atoms with van der Waals surface area (Å²) in [5, 5.41) is 4.15. The van der Waals surface area contributed by atoms with Crippen LogP contribution in [-0.4, -0.2) is 41.8 Å². The first-order chi connectivity index (χ1) is 12.2. The van der Waals surface area contributed by atoms with Crippen LogP contribution >= 0.6 is 11.6 Å². The topological polar surface area (TPSA) is 67.4 Å². The molecule has 0 saturated carbocycles. The zero-order valence-corrected chi connectivity index (χ0v) is 16.4. The Balaban J connectivity index is 1.69. The van der Waals surface area contributed by atoms with E-state index in [4.69, 9.17) is 16.3 Å². The lowest BCUT2D eigenvalue weighted by Crippen LogP contribution is -2.38. The maximum atomic E-state index is 12.0. The second kappa shape index (κ2) is 7.27. The summed E-state index contributed by atoms with van der Waals surface area (Å²) in [7, 11) is 0. The summed E-state index contributed by atoms with van der Waals surface area (Å²) >= 11 is 6.12. The van der Waals surface area contributed by atoms with Crippen molar-refractivity contribution in [3.05, 3.63) is 29.0 Å². The number of alkyl carbamates (subject to hydrolysis) is 1. The summed E-state index contributed by atoms with van der Waals surface area (Å²) in [6, 6.07) is 6.09. The number of carbonyl (C=O) groups excluding carboxylic acids is 1. The van der Waals surface area contributed by atoms with E-state index < -0.39 is 0 Å². The van der Waals surface area contributed by atoms with Crippen molar-refractivity contribution in [2.24, 2.45) is 5.41 Å². The Hall–Kier alpha value is -2.08. The van der Waals surface area contributed by atoms with Gasteiger partial charge in [0.15, 0.2) is 0 Å². The van der Waals surface area contributed by atoms with E-state index in [0.29, 0.717) is 13.2 Å². The number of benzene rings is 1. The average molecular weight is 377 g/mol. The van der Waals surface area contributed by atoms with Crippen LogP contribution in [0.25, 0.3) is 10.9 Å². The molecule has 0 bridgehead atoms. The minimum Gasteiger partial charge on any atom is -0.449 e. The third-order valence-corrected chi connectivity index (χ3v) is 4.42. The van der Waals surface area contributed by atoms with Gasteiger partial charge >= 0.3 is 6.09 Å². The van der Waals surface area contributed by atoms with Crippen LogP contribution in [0.2, 0.25) is 5.28 Å². The molecule has 1 atom stereocenters. The highest BCUT2D eigenvalue weighted by Crippen LogP contribution is 2.28. The Kier molecular flexibility index (Phi) is 5.23. The maximum absolute atomic E-state index is 12.0. The van der Waals surface area contributed by atoms with Gasteiger partial charge in [-0.3, -0.25) is 0 Å². The Bertz CT molecular complexity index is 814. The van der Waals surface area contributed by atoms with Gasteiger partial charge in [-0.05, 0) is 48.1 Å². The van der Waals surface area contributed by atoms with Gasteiger partial charge in [-0.2, -0.15) is 4.98 Å². The molecule has 7 heteroatoms. The highest BCUT2D eigenvalue weighted by molar-refractivity contribution is 6.28. The fourth-order valence-corrected chi connectivity index (χ4v) is 3.17. The van der Waals surface area contributed by atoms with Gasteiger partial charge in [0.2, 0.25) is 5.28 Å². The summed E-state index contributed by atoms with van der Waals surface area (Å²) in [5.74, 6) is 0.812. The number of halogens is 1. The van der Waals surface area contributed by atoms with Crippen LogP contribution in [0, 0.1) is 12.3 Å². The summed E-state index contributed by atoms with van der Waals surface area (Å²) in [5.41, 5.74) is 1.91. The van der Waals surface area contributed by atoms with Crippen LogP contribution in [0.3, 0.4) is 0 Å². The molecule has 1 amide bonds. The Morgan fingerprint density at radius 3 is 2.88 bits per heavy atom. The molecule has 2 heterocycles. The molecule has 1 aliphatic heterocycles. The van der Waals surface area contributed by atoms with Crippen molar-refractivity contribution in [1.82, 2.24) is 15.3 Å². The van der Waals surface area contributed by atoms with Crippen LogP contribution < -0.4 is 10.2 Å². The molecular weight excluding hydrogens is 352 g/mol. The zero-order valence-electron chi connectivity index (χ0n) is 15.7. The van der Waals surface area contributed by atoms with Gasteiger partial charge < -0.3 is 15.0 Å². The molecule has 0 aliphatic carbocycles. The molecule has 1 N–H and O–H groups in total. The summed E-state index contributed by atoms with van der Waals surface area (Å²) in [4.78, 5) is 22.9. The van der Waals surface area contributed by atoms with Crippen molar-refractivity contribution in [1.29, 1.82) is 0 Å². The smallest absolute Gasteiger partial charge is 0.407 e. The van der Waals surface area contributed by atoms with Crippen molar-refractivity contribution in [3.63, 3.8) is 0 Å². The molecule has 2 aromatic rings. The molecule has 1 saturated heterocycles. The van der Waals surface area contributed by atoms with E-state index in [0.717, 1.165) is 35.2 Å². The summed E-state index contributed by atoms with van der Waals surface area (Å²) in [6.07, 6.45) is 0.465. The van der Waals surface area contributed by atoms with Gasteiger partial charge in [-0.15, -0.1) is 0 Å². The predicted molar refractivity (Wildman–Crippen MR) is 104 cm³/mol. The highest BCUT2D eigenvalue weighted by Gasteiger charge is 2.27. The molecule has 0 radical (unpaired) electrons. The number of nitrogens with one attached hydrogen (secondary N) is 1. The van der Waals surface area contributed by atoms with E-state index >= 15 is 0 Å². The van der Waals surface area contributed by atoms with Crippen molar-refractivity contribution >= 4 is 34.4 Å². The van der Waals surface area contributed by atoms with Gasteiger partial charge in [0, 0.05) is 18.5 Å². The minimum atomic E-state index is -0.368. The van der Waals surface area contributed by atoms with E-state index in [1.165, 1.54) is 0 Å². The third-order valence-electron chi connectivity index (χ3n) is 4.25. The number of aryl methyl sites for hydroxylation is 1. The Morgan fingerprint density at radius 1 is 1.38 bits per heavy atom. The molecule has 0 unspecified atom stereocenters. The summed E-state index contributed by atoms with van der Waals surface area (Å²) in [6.45, 7) is 9.96. The molecule has 3 rings (SSSR count). The predicted octanol–water partition coefficient (Wildman–Crippen LogP) is 3.94. The first-order valence-electron chi connectivity index (χ1n) is 8.83. The number of nitrogens with zero attached hydrogens (tertiary/aromatic N) is 3. The van der Waals surface area contributed by atoms with Crippen LogP contribution in [0.4, 0.5) is 10.6 Å². The number of rotatable bonds is 3. The van der Waals surface area contributed by atoms with Crippen LogP contribution in [0.1, 0.15) is 32.8 Å². The van der Waals surface area contributed by atoms with Gasteiger partial charge in [-0.25, -0.2) is 9.78 Å². The van der Waals surface area contributed by atoms with Gasteiger partial charge in [0.05, 0.1) is 18.2 Å². The van der Waals surface area contributed by atoms with E-state index in [2.05, 4.69) is 20.2 Å². The number of fused-ring (bicyclic) bond motifs is 1. The number of aromatic nitrogens is 2. The quantitative estimate of drug-likeness (QED) is 0.821. The van der Waals surface area contributed by atoms with E-state index in [1.807, 2.05) is 45.9 Å². The van der Waals surface area contributed by atoms with Crippen LogP contribution in [0.15, 0.2) is 18.2 Å². The van der Waals surface area contributed by atoms with Gasteiger partial charge in [0.25, 0.3) is 0 Å². The SMILES string of the molecule is Cc1ccc2c(N3CC[C@@H](NC(=O)OCC(C)(C)C)C3)nc(Cl)nc2c1. The van der Waals surface area contributed by atoms with Crippen molar-refractivity contribution in [3.8, 4) is 0 Å². The fraction of sp³-hybridized carbons (Fsp3) is 0.526. The molecule has 1 aromatic carbocycles. The minimum absolute atomic E-state index is 0.0247. The summed E-state index contributed by atoms with van der Waals surface area (Å²) < 4.78 is 5.30. The van der Waals surface area contributed by atoms with Gasteiger partial charge in [0.1, 0.15) is 5.82 Å². The molecule has 1 aromatic heterocycles. The Labute approximate surface area is 158 Å². The van der Waals surface area contributed by atoms with Gasteiger partial charge in [-0.1, -0.05) is 26.8 Å². The number of ether oxygens (including phenoxy) is 1. The number of hydrogen-bond donors (Lipinski definition) is 1. The first kappa shape index (κ1) is 18.7. The molecule has 1 aliphatic rings. The van der Waals surface area contributed by atoms with Crippen molar-refractivity contribution in [2.75, 3.05) is 24.6 Å². The number of anilines is 1. The van der Waals surface area contributed by atoms with Crippen LogP contribution in [0.5, 0.6) is 0 Å². The van der Waals surface area contributed by atoms with Crippen LogP contribution in [-0.2, 0) is 4.74 Å². The monoisotopic (exact) mass is 376 g/mol.